The van der Waals surface area contributed by atoms with Gasteiger partial charge in [0.15, 0.2) is 11.3 Å². The molecule has 0 aliphatic heterocycles. The van der Waals surface area contributed by atoms with Crippen molar-refractivity contribution in [2.75, 3.05) is 0 Å². The Hall–Kier alpha value is -3.51. The molecule has 3 rings (SSSR count). The Morgan fingerprint density at radius 3 is 2.73 bits per heavy atom. The summed E-state index contributed by atoms with van der Waals surface area (Å²) in [5.41, 5.74) is 1.99. The average Bonchev–Trinajstić information content (AvgIpc) is 3.28. The lowest BCUT2D eigenvalue weighted by Gasteiger charge is -2.14. The van der Waals surface area contributed by atoms with Crippen molar-refractivity contribution in [1.82, 2.24) is 35.5 Å². The SMILES string of the molecule is Cc1nonc1C(=O)NCc1cn2ncc(C(C)NC(=O)CCC(F)(F)F)cc2n1. The van der Waals surface area contributed by atoms with Gasteiger partial charge in [0.25, 0.3) is 5.91 Å². The zero-order chi connectivity index (χ0) is 21.9. The van der Waals surface area contributed by atoms with Crippen molar-refractivity contribution in [2.45, 2.75) is 45.5 Å². The van der Waals surface area contributed by atoms with Gasteiger partial charge in [-0.25, -0.2) is 14.1 Å². The molecule has 160 valence electrons. The Bertz CT molecular complexity index is 1060. The number of carbonyl (C=O) groups excluding carboxylic acids is 2. The predicted octanol–water partition coefficient (Wildman–Crippen LogP) is 1.87. The van der Waals surface area contributed by atoms with E-state index in [9.17, 15) is 22.8 Å². The molecular weight excluding hydrogens is 407 g/mol. The maximum absolute atomic E-state index is 12.2. The van der Waals surface area contributed by atoms with E-state index in [-0.39, 0.29) is 12.2 Å². The van der Waals surface area contributed by atoms with Crippen LogP contribution in [0.5, 0.6) is 0 Å². The number of alkyl halides is 3. The Kier molecular flexibility index (Phi) is 5.99. The largest absolute Gasteiger partial charge is 0.389 e. The first-order chi connectivity index (χ1) is 14.1. The molecule has 3 aromatic rings. The molecule has 0 bridgehead atoms. The number of imidazole rings is 1. The summed E-state index contributed by atoms with van der Waals surface area (Å²) >= 11 is 0. The van der Waals surface area contributed by atoms with Crippen LogP contribution in [-0.2, 0) is 11.3 Å². The fourth-order valence-corrected chi connectivity index (χ4v) is 2.61. The minimum atomic E-state index is -4.38. The molecule has 0 fully saturated rings. The second-order valence-corrected chi connectivity index (χ2v) is 6.61. The standard InChI is InChI=1S/C17H18F3N7O3/c1-9(23-14(28)3-4-17(18,19)20)11-5-13-24-12(8-27(13)22-6-11)7-21-16(29)15-10(2)25-30-26-15/h5-6,8-9H,3-4,7H2,1-2H3,(H,21,29)(H,23,28). The van der Waals surface area contributed by atoms with E-state index in [1.54, 1.807) is 26.1 Å². The molecule has 0 aliphatic rings. The van der Waals surface area contributed by atoms with Crippen molar-refractivity contribution in [2.24, 2.45) is 0 Å². The number of rotatable bonds is 7. The third-order valence-corrected chi connectivity index (χ3v) is 4.20. The van der Waals surface area contributed by atoms with Crippen LogP contribution in [0, 0.1) is 6.92 Å². The second kappa shape index (κ2) is 8.47. The highest BCUT2D eigenvalue weighted by Gasteiger charge is 2.28. The number of nitrogens with zero attached hydrogens (tertiary/aromatic N) is 5. The molecule has 0 saturated carbocycles. The van der Waals surface area contributed by atoms with Crippen molar-refractivity contribution in [3.05, 3.63) is 41.1 Å². The third-order valence-electron chi connectivity index (χ3n) is 4.20. The maximum atomic E-state index is 12.2. The lowest BCUT2D eigenvalue weighted by Crippen LogP contribution is -2.28. The summed E-state index contributed by atoms with van der Waals surface area (Å²) in [6.07, 6.45) is -3.11. The zero-order valence-electron chi connectivity index (χ0n) is 16.0. The smallest absolute Gasteiger partial charge is 0.350 e. The van der Waals surface area contributed by atoms with Crippen molar-refractivity contribution in [1.29, 1.82) is 0 Å². The van der Waals surface area contributed by atoms with Crippen LogP contribution < -0.4 is 10.6 Å². The molecular formula is C17H18F3N7O3. The van der Waals surface area contributed by atoms with Gasteiger partial charge in [-0.15, -0.1) is 0 Å². The number of aromatic nitrogens is 5. The van der Waals surface area contributed by atoms with Gasteiger partial charge in [-0.3, -0.25) is 9.59 Å². The van der Waals surface area contributed by atoms with E-state index in [0.29, 0.717) is 22.6 Å². The molecule has 3 heterocycles. The Morgan fingerprint density at radius 2 is 2.07 bits per heavy atom. The van der Waals surface area contributed by atoms with Gasteiger partial charge in [-0.1, -0.05) is 5.16 Å². The number of amides is 2. The topological polar surface area (TPSA) is 127 Å². The highest BCUT2D eigenvalue weighted by atomic mass is 19.4. The molecule has 10 nitrogen and oxygen atoms in total. The van der Waals surface area contributed by atoms with Crippen molar-refractivity contribution in [3.8, 4) is 0 Å². The first-order valence-electron chi connectivity index (χ1n) is 8.90. The number of hydrogen-bond acceptors (Lipinski definition) is 7. The molecule has 1 unspecified atom stereocenters. The molecule has 1 atom stereocenters. The van der Waals surface area contributed by atoms with Crippen LogP contribution in [0.3, 0.4) is 0 Å². The summed E-state index contributed by atoms with van der Waals surface area (Å²) in [5.74, 6) is -1.17. The number of halogens is 3. The number of aryl methyl sites for hydroxylation is 1. The van der Waals surface area contributed by atoms with Crippen LogP contribution in [0.25, 0.3) is 5.65 Å². The number of fused-ring (bicyclic) bond motifs is 1. The minimum Gasteiger partial charge on any atom is -0.350 e. The van der Waals surface area contributed by atoms with Crippen LogP contribution >= 0.6 is 0 Å². The Morgan fingerprint density at radius 1 is 1.30 bits per heavy atom. The first kappa shape index (κ1) is 21.2. The van der Waals surface area contributed by atoms with Gasteiger partial charge in [0.2, 0.25) is 5.91 Å². The molecule has 3 aromatic heterocycles. The number of hydrogen-bond donors (Lipinski definition) is 2. The van der Waals surface area contributed by atoms with E-state index >= 15 is 0 Å². The molecule has 0 spiro atoms. The van der Waals surface area contributed by atoms with Gasteiger partial charge in [0.05, 0.1) is 37.1 Å². The van der Waals surface area contributed by atoms with E-state index in [4.69, 9.17) is 0 Å². The van der Waals surface area contributed by atoms with Crippen LogP contribution in [0.15, 0.2) is 23.1 Å². The summed E-state index contributed by atoms with van der Waals surface area (Å²) in [4.78, 5) is 28.1. The van der Waals surface area contributed by atoms with Crippen LogP contribution in [-0.4, -0.2) is 42.9 Å². The van der Waals surface area contributed by atoms with Crippen LogP contribution in [0.2, 0.25) is 0 Å². The predicted molar refractivity (Wildman–Crippen MR) is 95.0 cm³/mol. The molecule has 30 heavy (non-hydrogen) atoms. The van der Waals surface area contributed by atoms with E-state index in [1.807, 2.05) is 0 Å². The van der Waals surface area contributed by atoms with Gasteiger partial charge in [-0.05, 0) is 30.6 Å². The monoisotopic (exact) mass is 425 g/mol. The van der Waals surface area contributed by atoms with E-state index in [2.05, 4.69) is 35.7 Å². The lowest BCUT2D eigenvalue weighted by atomic mass is 10.1. The fourth-order valence-electron chi connectivity index (χ4n) is 2.61. The minimum absolute atomic E-state index is 0.0780. The van der Waals surface area contributed by atoms with Crippen LogP contribution in [0.4, 0.5) is 13.2 Å². The van der Waals surface area contributed by atoms with E-state index < -0.39 is 36.9 Å². The quantitative estimate of drug-likeness (QED) is 0.592. The molecule has 0 aliphatic carbocycles. The zero-order valence-corrected chi connectivity index (χ0v) is 16.0. The molecule has 2 N–H and O–H groups in total. The van der Waals surface area contributed by atoms with E-state index in [0.717, 1.165) is 0 Å². The molecule has 13 heteroatoms. The molecule has 0 radical (unpaired) electrons. The summed E-state index contributed by atoms with van der Waals surface area (Å²) in [6, 6.07) is 1.10. The van der Waals surface area contributed by atoms with Gasteiger partial charge >= 0.3 is 6.18 Å². The highest BCUT2D eigenvalue weighted by molar-refractivity contribution is 5.92. The second-order valence-electron chi connectivity index (χ2n) is 6.61. The number of carbonyl (C=O) groups is 2. The lowest BCUT2D eigenvalue weighted by molar-refractivity contribution is -0.144. The fraction of sp³-hybridized carbons (Fsp3) is 0.412. The summed E-state index contributed by atoms with van der Waals surface area (Å²) < 4.78 is 42.6. The van der Waals surface area contributed by atoms with Gasteiger partial charge in [-0.2, -0.15) is 18.3 Å². The molecule has 0 saturated heterocycles. The molecule has 2 amide bonds. The van der Waals surface area contributed by atoms with Gasteiger partial charge in [0, 0.05) is 6.42 Å². The third kappa shape index (κ3) is 5.30. The normalized spacial score (nSPS) is 12.7. The number of nitrogens with one attached hydrogen (secondary N) is 2. The summed E-state index contributed by atoms with van der Waals surface area (Å²) in [5, 5.41) is 16.4. The summed E-state index contributed by atoms with van der Waals surface area (Å²) in [6.45, 7) is 3.33. The van der Waals surface area contributed by atoms with Crippen molar-refractivity contribution >= 4 is 17.5 Å². The molecule has 0 aromatic carbocycles. The Balaban J connectivity index is 1.61. The maximum Gasteiger partial charge on any atom is 0.389 e. The van der Waals surface area contributed by atoms with Crippen LogP contribution in [0.1, 0.15) is 53.2 Å². The van der Waals surface area contributed by atoms with E-state index in [1.165, 1.54) is 10.7 Å². The van der Waals surface area contributed by atoms with Crippen molar-refractivity contribution < 1.29 is 27.4 Å². The summed E-state index contributed by atoms with van der Waals surface area (Å²) in [7, 11) is 0. The van der Waals surface area contributed by atoms with Gasteiger partial charge < -0.3 is 10.6 Å². The van der Waals surface area contributed by atoms with Crippen molar-refractivity contribution in [3.63, 3.8) is 0 Å². The highest BCUT2D eigenvalue weighted by Crippen LogP contribution is 2.21. The first-order valence-corrected chi connectivity index (χ1v) is 8.90. The average molecular weight is 425 g/mol. The van der Waals surface area contributed by atoms with Gasteiger partial charge in [0.1, 0.15) is 5.69 Å². The Labute approximate surface area is 167 Å².